The monoisotopic (exact) mass is 541 g/mol. The first-order chi connectivity index (χ1) is 20.6. The molecule has 2 aliphatic rings. The molecule has 0 atom stereocenters. The van der Waals surface area contributed by atoms with Crippen LogP contribution in [0.4, 0.5) is 17.1 Å². The van der Waals surface area contributed by atoms with Crippen molar-refractivity contribution < 1.29 is 4.74 Å². The molecule has 0 bridgehead atoms. The summed E-state index contributed by atoms with van der Waals surface area (Å²) in [6, 6.07) is 41.0. The van der Waals surface area contributed by atoms with E-state index < -0.39 is 0 Å². The Hall–Kier alpha value is -5.35. The van der Waals surface area contributed by atoms with Gasteiger partial charge in [-0.2, -0.15) is 0 Å². The number of anilines is 3. The van der Waals surface area contributed by atoms with E-state index in [1.54, 1.807) is 0 Å². The summed E-state index contributed by atoms with van der Waals surface area (Å²) >= 11 is 0. The van der Waals surface area contributed by atoms with Gasteiger partial charge in [0.05, 0.1) is 28.1 Å². The third kappa shape index (κ3) is 3.09. The number of pyridine rings is 1. The number of aromatic nitrogens is 2. The van der Waals surface area contributed by atoms with Crippen LogP contribution in [0.1, 0.15) is 25.0 Å². The molecule has 4 nitrogen and oxygen atoms in total. The highest BCUT2D eigenvalue weighted by Crippen LogP contribution is 2.52. The molecule has 9 rings (SSSR count). The Morgan fingerprint density at radius 1 is 0.619 bits per heavy atom. The Balaban J connectivity index is 1.23. The molecule has 0 radical (unpaired) electrons. The molecular formula is C38H27N3O. The minimum Gasteiger partial charge on any atom is -0.453 e. The van der Waals surface area contributed by atoms with Crippen molar-refractivity contribution in [2.45, 2.75) is 19.3 Å². The SMILES string of the molecule is CC1(C)c2cnccc2-n2c3ccc(-c4ccc5c(c4)Oc4ccccc4N5c4ccccc4)cc3c3cccc1c32. The fourth-order valence-electron chi connectivity index (χ4n) is 7.00. The first-order valence-electron chi connectivity index (χ1n) is 14.4. The van der Waals surface area contributed by atoms with E-state index >= 15 is 0 Å². The molecule has 4 heterocycles. The Bertz CT molecular complexity index is 2210. The highest BCUT2D eigenvalue weighted by Gasteiger charge is 2.35. The van der Waals surface area contributed by atoms with Crippen LogP contribution in [-0.2, 0) is 5.41 Å². The van der Waals surface area contributed by atoms with Crippen molar-refractivity contribution in [3.63, 3.8) is 0 Å². The highest BCUT2D eigenvalue weighted by molar-refractivity contribution is 6.12. The molecule has 0 saturated carbocycles. The summed E-state index contributed by atoms with van der Waals surface area (Å²) in [5, 5.41) is 2.53. The van der Waals surface area contributed by atoms with Crippen LogP contribution in [0.15, 0.2) is 128 Å². The molecule has 0 amide bonds. The predicted molar refractivity (Wildman–Crippen MR) is 171 cm³/mol. The summed E-state index contributed by atoms with van der Waals surface area (Å²) < 4.78 is 8.93. The number of benzene rings is 5. The second-order valence-corrected chi connectivity index (χ2v) is 11.7. The molecule has 0 aliphatic carbocycles. The van der Waals surface area contributed by atoms with Crippen LogP contribution in [0.5, 0.6) is 11.5 Å². The minimum atomic E-state index is -0.132. The van der Waals surface area contributed by atoms with Crippen LogP contribution < -0.4 is 9.64 Å². The lowest BCUT2D eigenvalue weighted by Crippen LogP contribution is -2.26. The van der Waals surface area contributed by atoms with Gasteiger partial charge in [-0.25, -0.2) is 0 Å². The lowest BCUT2D eigenvalue weighted by Gasteiger charge is -2.34. The zero-order valence-electron chi connectivity index (χ0n) is 23.4. The van der Waals surface area contributed by atoms with Gasteiger partial charge in [0.1, 0.15) is 0 Å². The van der Waals surface area contributed by atoms with Gasteiger partial charge in [0.2, 0.25) is 0 Å². The lowest BCUT2D eigenvalue weighted by atomic mass is 9.75. The van der Waals surface area contributed by atoms with Crippen LogP contribution in [0.3, 0.4) is 0 Å². The molecule has 200 valence electrons. The maximum Gasteiger partial charge on any atom is 0.152 e. The first kappa shape index (κ1) is 23.4. The molecule has 5 aromatic carbocycles. The van der Waals surface area contributed by atoms with E-state index in [2.05, 4.69) is 125 Å². The Labute approximate surface area is 244 Å². The Kier molecular flexibility index (Phi) is 4.64. The minimum absolute atomic E-state index is 0.132. The number of nitrogens with zero attached hydrogens (tertiary/aromatic N) is 3. The molecule has 0 spiro atoms. The largest absolute Gasteiger partial charge is 0.453 e. The smallest absolute Gasteiger partial charge is 0.152 e. The van der Waals surface area contributed by atoms with E-state index in [1.807, 2.05) is 30.6 Å². The number of ether oxygens (including phenoxy) is 1. The second kappa shape index (κ2) is 8.34. The van der Waals surface area contributed by atoms with Gasteiger partial charge in [-0.1, -0.05) is 74.5 Å². The third-order valence-electron chi connectivity index (χ3n) is 9.05. The molecular weight excluding hydrogens is 514 g/mol. The lowest BCUT2D eigenvalue weighted by molar-refractivity contribution is 0.477. The molecule has 7 aromatic rings. The maximum absolute atomic E-state index is 6.50. The zero-order chi connectivity index (χ0) is 28.0. The van der Waals surface area contributed by atoms with Gasteiger partial charge in [0.15, 0.2) is 11.5 Å². The van der Waals surface area contributed by atoms with E-state index in [4.69, 9.17) is 4.74 Å². The molecule has 0 unspecified atom stereocenters. The summed E-state index contributed by atoms with van der Waals surface area (Å²) in [4.78, 5) is 6.77. The van der Waals surface area contributed by atoms with Crippen molar-refractivity contribution in [2.75, 3.05) is 4.90 Å². The molecule has 2 aromatic heterocycles. The van der Waals surface area contributed by atoms with E-state index in [-0.39, 0.29) is 5.41 Å². The van der Waals surface area contributed by atoms with Gasteiger partial charge in [-0.3, -0.25) is 4.98 Å². The number of hydrogen-bond donors (Lipinski definition) is 0. The summed E-state index contributed by atoms with van der Waals surface area (Å²) in [6.45, 7) is 4.61. The highest BCUT2D eigenvalue weighted by atomic mass is 16.5. The second-order valence-electron chi connectivity index (χ2n) is 11.7. The van der Waals surface area contributed by atoms with Gasteiger partial charge in [0, 0.05) is 39.8 Å². The number of para-hydroxylation sites is 4. The van der Waals surface area contributed by atoms with Gasteiger partial charge in [-0.15, -0.1) is 0 Å². The average molecular weight is 542 g/mol. The number of hydrogen-bond acceptors (Lipinski definition) is 3. The van der Waals surface area contributed by atoms with Crippen molar-refractivity contribution in [1.29, 1.82) is 0 Å². The summed E-state index contributed by atoms with van der Waals surface area (Å²) in [7, 11) is 0. The van der Waals surface area contributed by atoms with Gasteiger partial charge >= 0.3 is 0 Å². The molecule has 42 heavy (non-hydrogen) atoms. The van der Waals surface area contributed by atoms with Crippen molar-refractivity contribution in [2.24, 2.45) is 0 Å². The van der Waals surface area contributed by atoms with E-state index in [0.717, 1.165) is 39.7 Å². The van der Waals surface area contributed by atoms with Crippen LogP contribution in [0.2, 0.25) is 0 Å². The standard InChI is InChI=1S/C38H27N3O/c1-38(2)29-12-8-11-27-28-21-24(15-17-31(28)41(37(27)29)32-19-20-39-23-30(32)38)25-16-18-34-36(22-25)42-35-14-7-6-13-33(35)40(34)26-9-4-3-5-10-26/h3-23H,1-2H3. The average Bonchev–Trinajstić information content (AvgIpc) is 3.37. The number of rotatable bonds is 2. The summed E-state index contributed by atoms with van der Waals surface area (Å²) in [5.41, 5.74) is 11.6. The van der Waals surface area contributed by atoms with Crippen LogP contribution >= 0.6 is 0 Å². The van der Waals surface area contributed by atoms with Crippen LogP contribution in [0, 0.1) is 0 Å². The van der Waals surface area contributed by atoms with Gasteiger partial charge in [0.25, 0.3) is 0 Å². The van der Waals surface area contributed by atoms with Crippen LogP contribution in [-0.4, -0.2) is 9.55 Å². The van der Waals surface area contributed by atoms with Gasteiger partial charge in [-0.05, 0) is 71.3 Å². The van der Waals surface area contributed by atoms with E-state index in [1.165, 1.54) is 38.6 Å². The Morgan fingerprint density at radius 3 is 2.31 bits per heavy atom. The molecule has 0 N–H and O–H groups in total. The number of fused-ring (bicyclic) bond motifs is 7. The molecule has 4 heteroatoms. The Morgan fingerprint density at radius 2 is 1.40 bits per heavy atom. The van der Waals surface area contributed by atoms with Crippen molar-refractivity contribution in [3.8, 4) is 28.3 Å². The molecule has 0 saturated heterocycles. The van der Waals surface area contributed by atoms with Crippen molar-refractivity contribution in [1.82, 2.24) is 9.55 Å². The van der Waals surface area contributed by atoms with Crippen molar-refractivity contribution >= 4 is 38.9 Å². The summed E-state index contributed by atoms with van der Waals surface area (Å²) in [6.07, 6.45) is 3.93. The summed E-state index contributed by atoms with van der Waals surface area (Å²) in [5.74, 6) is 1.70. The third-order valence-corrected chi connectivity index (χ3v) is 9.05. The maximum atomic E-state index is 6.50. The van der Waals surface area contributed by atoms with E-state index in [9.17, 15) is 0 Å². The normalized spacial score (nSPS) is 14.3. The molecule has 0 fully saturated rings. The fourth-order valence-corrected chi connectivity index (χ4v) is 7.00. The van der Waals surface area contributed by atoms with E-state index in [0.29, 0.717) is 0 Å². The quantitative estimate of drug-likeness (QED) is 0.218. The molecule has 2 aliphatic heterocycles. The van der Waals surface area contributed by atoms with Crippen LogP contribution in [0.25, 0.3) is 38.6 Å². The van der Waals surface area contributed by atoms with Gasteiger partial charge < -0.3 is 14.2 Å². The predicted octanol–water partition coefficient (Wildman–Crippen LogP) is 10.1. The first-order valence-corrected chi connectivity index (χ1v) is 14.4. The fraction of sp³-hybridized carbons (Fsp3) is 0.0789. The topological polar surface area (TPSA) is 30.3 Å². The van der Waals surface area contributed by atoms with Crippen molar-refractivity contribution in [3.05, 3.63) is 139 Å². The zero-order valence-corrected chi connectivity index (χ0v) is 23.4.